The summed E-state index contributed by atoms with van der Waals surface area (Å²) in [4.78, 5) is 0. The SMILES string of the molecule is CCCCC(C)(C)c1occ(F)c1F. The van der Waals surface area contributed by atoms with Crippen LogP contribution in [0.1, 0.15) is 45.8 Å². The lowest BCUT2D eigenvalue weighted by Crippen LogP contribution is -2.17. The fourth-order valence-electron chi connectivity index (χ4n) is 1.51. The second-order valence-electron chi connectivity index (χ2n) is 4.21. The van der Waals surface area contributed by atoms with Gasteiger partial charge in [0, 0.05) is 5.41 Å². The van der Waals surface area contributed by atoms with Gasteiger partial charge in [0.05, 0.1) is 0 Å². The summed E-state index contributed by atoms with van der Waals surface area (Å²) in [6, 6.07) is 0. The molecule has 1 heterocycles. The van der Waals surface area contributed by atoms with Crippen LogP contribution < -0.4 is 0 Å². The first-order chi connectivity index (χ1) is 6.49. The molecule has 0 fully saturated rings. The van der Waals surface area contributed by atoms with Crippen LogP contribution in [0.5, 0.6) is 0 Å². The first-order valence-electron chi connectivity index (χ1n) is 4.92. The Labute approximate surface area is 83.1 Å². The Hall–Kier alpha value is -0.860. The fraction of sp³-hybridized carbons (Fsp3) is 0.636. The average molecular weight is 202 g/mol. The zero-order chi connectivity index (χ0) is 10.8. The van der Waals surface area contributed by atoms with Crippen molar-refractivity contribution in [2.45, 2.75) is 45.4 Å². The van der Waals surface area contributed by atoms with Crippen LogP contribution >= 0.6 is 0 Å². The maximum absolute atomic E-state index is 13.2. The molecule has 0 N–H and O–H groups in total. The van der Waals surface area contributed by atoms with Gasteiger partial charge in [-0.15, -0.1) is 0 Å². The number of rotatable bonds is 4. The molecule has 0 aliphatic carbocycles. The van der Waals surface area contributed by atoms with Gasteiger partial charge in [0.1, 0.15) is 12.0 Å². The van der Waals surface area contributed by atoms with Crippen molar-refractivity contribution in [1.82, 2.24) is 0 Å². The molecule has 0 aromatic carbocycles. The third-order valence-electron chi connectivity index (χ3n) is 2.46. The second-order valence-corrected chi connectivity index (χ2v) is 4.21. The number of unbranched alkanes of at least 4 members (excludes halogenated alkanes) is 1. The predicted octanol–water partition coefficient (Wildman–Crippen LogP) is 4.03. The van der Waals surface area contributed by atoms with Gasteiger partial charge in [-0.25, -0.2) is 4.39 Å². The number of hydrogen-bond donors (Lipinski definition) is 0. The molecule has 3 heteroatoms. The molecule has 1 aromatic heterocycles. The van der Waals surface area contributed by atoms with Gasteiger partial charge in [0.15, 0.2) is 5.82 Å². The van der Waals surface area contributed by atoms with E-state index in [4.69, 9.17) is 4.42 Å². The maximum Gasteiger partial charge on any atom is 0.200 e. The molecule has 0 saturated heterocycles. The van der Waals surface area contributed by atoms with Gasteiger partial charge in [-0.2, -0.15) is 4.39 Å². The van der Waals surface area contributed by atoms with Gasteiger partial charge in [-0.05, 0) is 6.42 Å². The highest BCUT2D eigenvalue weighted by Gasteiger charge is 2.29. The predicted molar refractivity (Wildman–Crippen MR) is 51.2 cm³/mol. The monoisotopic (exact) mass is 202 g/mol. The highest BCUT2D eigenvalue weighted by atomic mass is 19.2. The quantitative estimate of drug-likeness (QED) is 0.718. The van der Waals surface area contributed by atoms with Crippen molar-refractivity contribution in [3.05, 3.63) is 23.7 Å². The van der Waals surface area contributed by atoms with Crippen molar-refractivity contribution in [3.63, 3.8) is 0 Å². The van der Waals surface area contributed by atoms with E-state index in [0.29, 0.717) is 0 Å². The van der Waals surface area contributed by atoms with Crippen LogP contribution in [0.15, 0.2) is 10.7 Å². The first kappa shape index (κ1) is 11.2. The van der Waals surface area contributed by atoms with Crippen molar-refractivity contribution in [1.29, 1.82) is 0 Å². The lowest BCUT2D eigenvalue weighted by molar-refractivity contribution is 0.335. The largest absolute Gasteiger partial charge is 0.462 e. The van der Waals surface area contributed by atoms with Gasteiger partial charge in [-0.3, -0.25) is 0 Å². The first-order valence-corrected chi connectivity index (χ1v) is 4.92. The Morgan fingerprint density at radius 2 is 2.00 bits per heavy atom. The summed E-state index contributed by atoms with van der Waals surface area (Å²) in [6.45, 7) is 5.79. The van der Waals surface area contributed by atoms with Crippen LogP contribution in [0.2, 0.25) is 0 Å². The lowest BCUT2D eigenvalue weighted by Gasteiger charge is -2.21. The van der Waals surface area contributed by atoms with E-state index >= 15 is 0 Å². The molecule has 0 atom stereocenters. The van der Waals surface area contributed by atoms with Crippen molar-refractivity contribution in [2.24, 2.45) is 0 Å². The van der Waals surface area contributed by atoms with E-state index in [0.717, 1.165) is 25.5 Å². The molecule has 1 rings (SSSR count). The molecule has 0 bridgehead atoms. The normalized spacial score (nSPS) is 12.1. The smallest absolute Gasteiger partial charge is 0.200 e. The van der Waals surface area contributed by atoms with E-state index in [2.05, 4.69) is 6.92 Å². The van der Waals surface area contributed by atoms with Crippen LogP contribution in [0.3, 0.4) is 0 Å². The average Bonchev–Trinajstić information content (AvgIpc) is 2.45. The van der Waals surface area contributed by atoms with Crippen LogP contribution in [0.4, 0.5) is 8.78 Å². The molecule has 0 amide bonds. The molecule has 80 valence electrons. The molecule has 1 aromatic rings. The molecule has 0 aliphatic rings. The number of hydrogen-bond acceptors (Lipinski definition) is 1. The van der Waals surface area contributed by atoms with E-state index in [9.17, 15) is 8.78 Å². The second kappa shape index (κ2) is 4.11. The van der Waals surface area contributed by atoms with Crippen molar-refractivity contribution in [3.8, 4) is 0 Å². The third-order valence-corrected chi connectivity index (χ3v) is 2.46. The fourth-order valence-corrected chi connectivity index (χ4v) is 1.51. The minimum atomic E-state index is -0.899. The standard InChI is InChI=1S/C11H16F2O/c1-4-5-6-11(2,3)10-9(13)8(12)7-14-10/h7H,4-6H2,1-3H3. The lowest BCUT2D eigenvalue weighted by atomic mass is 9.84. The molecule has 0 unspecified atom stereocenters. The minimum Gasteiger partial charge on any atom is -0.462 e. The molecule has 0 spiro atoms. The Bertz CT molecular complexity index is 302. The van der Waals surface area contributed by atoms with E-state index < -0.39 is 17.0 Å². The summed E-state index contributed by atoms with van der Waals surface area (Å²) in [5, 5.41) is 0. The third kappa shape index (κ3) is 2.14. The Morgan fingerprint density at radius 1 is 1.36 bits per heavy atom. The van der Waals surface area contributed by atoms with Crippen molar-refractivity contribution < 1.29 is 13.2 Å². The number of furan rings is 1. The van der Waals surface area contributed by atoms with Gasteiger partial charge in [0.2, 0.25) is 5.82 Å². The Morgan fingerprint density at radius 3 is 2.43 bits per heavy atom. The summed E-state index contributed by atoms with van der Waals surface area (Å²) < 4.78 is 30.8. The zero-order valence-corrected chi connectivity index (χ0v) is 8.86. The molecule has 1 nitrogen and oxygen atoms in total. The number of halogens is 2. The van der Waals surface area contributed by atoms with Crippen LogP contribution in [-0.4, -0.2) is 0 Å². The summed E-state index contributed by atoms with van der Waals surface area (Å²) in [5.74, 6) is -1.61. The molecular formula is C11H16F2O. The Kier molecular flexibility index (Phi) is 3.29. The van der Waals surface area contributed by atoms with Crippen LogP contribution in [0.25, 0.3) is 0 Å². The minimum absolute atomic E-state index is 0.128. The van der Waals surface area contributed by atoms with Gasteiger partial charge in [-0.1, -0.05) is 33.6 Å². The van der Waals surface area contributed by atoms with E-state index in [-0.39, 0.29) is 5.76 Å². The van der Waals surface area contributed by atoms with Crippen molar-refractivity contribution in [2.75, 3.05) is 0 Å². The Balaban J connectivity index is 2.86. The van der Waals surface area contributed by atoms with Crippen LogP contribution in [0, 0.1) is 11.6 Å². The summed E-state index contributed by atoms with van der Waals surface area (Å²) in [6.07, 6.45) is 3.65. The summed E-state index contributed by atoms with van der Waals surface area (Å²) >= 11 is 0. The summed E-state index contributed by atoms with van der Waals surface area (Å²) in [5.41, 5.74) is -0.426. The van der Waals surface area contributed by atoms with Crippen LogP contribution in [-0.2, 0) is 5.41 Å². The molecule has 14 heavy (non-hydrogen) atoms. The zero-order valence-electron chi connectivity index (χ0n) is 8.86. The molecular weight excluding hydrogens is 186 g/mol. The highest BCUT2D eigenvalue weighted by Crippen LogP contribution is 2.32. The summed E-state index contributed by atoms with van der Waals surface area (Å²) in [7, 11) is 0. The van der Waals surface area contributed by atoms with E-state index in [1.54, 1.807) is 0 Å². The highest BCUT2D eigenvalue weighted by molar-refractivity contribution is 5.14. The van der Waals surface area contributed by atoms with Crippen molar-refractivity contribution >= 4 is 0 Å². The topological polar surface area (TPSA) is 13.1 Å². The van der Waals surface area contributed by atoms with Gasteiger partial charge in [0.25, 0.3) is 0 Å². The van der Waals surface area contributed by atoms with E-state index in [1.165, 1.54) is 0 Å². The molecule has 0 aliphatic heterocycles. The van der Waals surface area contributed by atoms with Gasteiger partial charge >= 0.3 is 0 Å². The van der Waals surface area contributed by atoms with Gasteiger partial charge < -0.3 is 4.42 Å². The van der Waals surface area contributed by atoms with E-state index in [1.807, 2.05) is 13.8 Å². The molecule has 0 radical (unpaired) electrons. The maximum atomic E-state index is 13.2. The molecule has 0 saturated carbocycles.